The van der Waals surface area contributed by atoms with Gasteiger partial charge in [0.2, 0.25) is 0 Å². The molecule has 0 aliphatic rings. The summed E-state index contributed by atoms with van der Waals surface area (Å²) in [7, 11) is 0. The Morgan fingerprint density at radius 1 is 0.773 bits per heavy atom. The molecule has 1 heteroatoms. The van der Waals surface area contributed by atoms with Crippen LogP contribution in [0.15, 0.2) is 36.7 Å². The first-order valence-electron chi connectivity index (χ1n) is 9.23. The van der Waals surface area contributed by atoms with E-state index in [9.17, 15) is 0 Å². The van der Waals surface area contributed by atoms with Crippen LogP contribution < -0.4 is 0 Å². The van der Waals surface area contributed by atoms with E-state index in [4.69, 9.17) is 0 Å². The Balaban J connectivity index is 1.59. The molecule has 1 heterocycles. The molecule has 0 N–H and O–H groups in total. The highest BCUT2D eigenvalue weighted by atomic mass is 14.6. The van der Waals surface area contributed by atoms with Crippen molar-refractivity contribution in [3.05, 3.63) is 42.2 Å². The highest BCUT2D eigenvalue weighted by molar-refractivity contribution is 5.84. The summed E-state index contributed by atoms with van der Waals surface area (Å²) in [5.74, 6) is 0. The van der Waals surface area contributed by atoms with Crippen molar-refractivity contribution in [3.63, 3.8) is 0 Å². The average Bonchev–Trinajstić information content (AvgIpc) is 2.56. The maximum atomic E-state index is 4.21. The molecule has 0 bridgehead atoms. The molecule has 0 aliphatic heterocycles. The number of hydrogen-bond acceptors (Lipinski definition) is 1. The summed E-state index contributed by atoms with van der Waals surface area (Å²) in [5, 5.41) is 2.65. The van der Waals surface area contributed by atoms with E-state index in [-0.39, 0.29) is 0 Å². The van der Waals surface area contributed by atoms with E-state index in [0.29, 0.717) is 0 Å². The number of aromatic nitrogens is 1. The van der Waals surface area contributed by atoms with E-state index in [0.717, 1.165) is 0 Å². The maximum Gasteiger partial charge on any atom is 0.0346 e. The SMILES string of the molecule is CCCCCCCCCCCCc1cccc2cnccc12. The zero-order chi connectivity index (χ0) is 15.5. The Morgan fingerprint density at radius 2 is 1.45 bits per heavy atom. The molecular weight excluding hydrogens is 266 g/mol. The van der Waals surface area contributed by atoms with Gasteiger partial charge in [0.15, 0.2) is 0 Å². The fourth-order valence-corrected chi connectivity index (χ4v) is 3.21. The van der Waals surface area contributed by atoms with Crippen LogP contribution in [-0.4, -0.2) is 4.98 Å². The van der Waals surface area contributed by atoms with Gasteiger partial charge in [0.1, 0.15) is 0 Å². The highest BCUT2D eigenvalue weighted by Gasteiger charge is 2.00. The lowest BCUT2D eigenvalue weighted by molar-refractivity contribution is 0.556. The summed E-state index contributed by atoms with van der Waals surface area (Å²) in [6, 6.07) is 8.75. The maximum absolute atomic E-state index is 4.21. The second kappa shape index (κ2) is 10.4. The van der Waals surface area contributed by atoms with Crippen molar-refractivity contribution < 1.29 is 0 Å². The molecule has 0 atom stereocenters. The van der Waals surface area contributed by atoms with Crippen LogP contribution >= 0.6 is 0 Å². The number of pyridine rings is 1. The van der Waals surface area contributed by atoms with Crippen LogP contribution in [0, 0.1) is 0 Å². The first kappa shape index (κ1) is 17.0. The predicted octanol–water partition coefficient (Wildman–Crippen LogP) is 6.70. The third-order valence-corrected chi connectivity index (χ3v) is 4.57. The lowest BCUT2D eigenvalue weighted by atomic mass is 10.00. The lowest BCUT2D eigenvalue weighted by Crippen LogP contribution is -1.89. The fourth-order valence-electron chi connectivity index (χ4n) is 3.21. The van der Waals surface area contributed by atoms with Gasteiger partial charge in [0, 0.05) is 17.8 Å². The first-order valence-corrected chi connectivity index (χ1v) is 9.23. The topological polar surface area (TPSA) is 12.9 Å². The van der Waals surface area contributed by atoms with E-state index in [2.05, 4.69) is 36.2 Å². The number of benzene rings is 1. The van der Waals surface area contributed by atoms with Crippen molar-refractivity contribution in [2.24, 2.45) is 0 Å². The Labute approximate surface area is 136 Å². The van der Waals surface area contributed by atoms with Crippen LogP contribution in [0.5, 0.6) is 0 Å². The molecule has 1 aromatic heterocycles. The Morgan fingerprint density at radius 3 is 2.18 bits per heavy atom. The van der Waals surface area contributed by atoms with Gasteiger partial charge in [-0.3, -0.25) is 4.98 Å². The number of aryl methyl sites for hydroxylation is 1. The Bertz CT molecular complexity index is 527. The molecular formula is C21H31N. The van der Waals surface area contributed by atoms with Crippen LogP contribution in [-0.2, 0) is 6.42 Å². The molecule has 1 aromatic carbocycles. The van der Waals surface area contributed by atoms with Gasteiger partial charge in [-0.05, 0) is 29.9 Å². The Hall–Kier alpha value is -1.37. The normalized spacial score (nSPS) is 11.1. The van der Waals surface area contributed by atoms with Crippen LogP contribution in [0.4, 0.5) is 0 Å². The summed E-state index contributed by atoms with van der Waals surface area (Å²) < 4.78 is 0. The molecule has 120 valence electrons. The largest absolute Gasteiger partial charge is 0.264 e. The fraction of sp³-hybridized carbons (Fsp3) is 0.571. The molecule has 0 unspecified atom stereocenters. The summed E-state index contributed by atoms with van der Waals surface area (Å²) in [5.41, 5.74) is 1.49. The monoisotopic (exact) mass is 297 g/mol. The molecule has 22 heavy (non-hydrogen) atoms. The summed E-state index contributed by atoms with van der Waals surface area (Å²) in [6.07, 6.45) is 19.1. The molecule has 0 amide bonds. The summed E-state index contributed by atoms with van der Waals surface area (Å²) >= 11 is 0. The minimum atomic E-state index is 1.21. The number of nitrogens with zero attached hydrogens (tertiary/aromatic N) is 1. The van der Waals surface area contributed by atoms with E-state index in [1.807, 2.05) is 12.4 Å². The van der Waals surface area contributed by atoms with Crippen molar-refractivity contribution in [1.82, 2.24) is 4.98 Å². The molecule has 0 fully saturated rings. The van der Waals surface area contributed by atoms with Gasteiger partial charge < -0.3 is 0 Å². The van der Waals surface area contributed by atoms with Crippen molar-refractivity contribution in [2.45, 2.75) is 77.6 Å². The van der Waals surface area contributed by atoms with E-state index in [1.165, 1.54) is 87.0 Å². The Kier molecular flexibility index (Phi) is 8.01. The lowest BCUT2D eigenvalue weighted by Gasteiger charge is -2.06. The van der Waals surface area contributed by atoms with Crippen molar-refractivity contribution in [3.8, 4) is 0 Å². The van der Waals surface area contributed by atoms with Crippen LogP contribution in [0.25, 0.3) is 10.8 Å². The highest BCUT2D eigenvalue weighted by Crippen LogP contribution is 2.20. The molecule has 2 rings (SSSR count). The van der Waals surface area contributed by atoms with Crippen molar-refractivity contribution in [1.29, 1.82) is 0 Å². The van der Waals surface area contributed by atoms with E-state index in [1.54, 1.807) is 0 Å². The van der Waals surface area contributed by atoms with Gasteiger partial charge in [-0.15, -0.1) is 0 Å². The number of unbranched alkanes of at least 4 members (excludes halogenated alkanes) is 9. The number of fused-ring (bicyclic) bond motifs is 1. The predicted molar refractivity (Wildman–Crippen MR) is 97.3 cm³/mol. The molecule has 0 saturated heterocycles. The van der Waals surface area contributed by atoms with Gasteiger partial charge in [-0.2, -0.15) is 0 Å². The number of hydrogen-bond donors (Lipinski definition) is 0. The molecule has 0 saturated carbocycles. The first-order chi connectivity index (χ1) is 10.9. The molecule has 2 aromatic rings. The molecule has 0 aliphatic carbocycles. The summed E-state index contributed by atoms with van der Waals surface area (Å²) in [6.45, 7) is 2.28. The van der Waals surface area contributed by atoms with Crippen LogP contribution in [0.1, 0.15) is 76.7 Å². The van der Waals surface area contributed by atoms with Gasteiger partial charge >= 0.3 is 0 Å². The minimum absolute atomic E-state index is 1.21. The van der Waals surface area contributed by atoms with Crippen molar-refractivity contribution >= 4 is 10.8 Å². The van der Waals surface area contributed by atoms with Crippen LogP contribution in [0.3, 0.4) is 0 Å². The smallest absolute Gasteiger partial charge is 0.0346 e. The van der Waals surface area contributed by atoms with E-state index < -0.39 is 0 Å². The standard InChI is InChI=1S/C21H31N/c1-2-3-4-5-6-7-8-9-10-11-13-19-14-12-15-20-18-22-17-16-21(19)20/h12,14-18H,2-11,13H2,1H3. The molecule has 0 radical (unpaired) electrons. The van der Waals surface area contributed by atoms with Crippen molar-refractivity contribution in [2.75, 3.05) is 0 Å². The van der Waals surface area contributed by atoms with Gasteiger partial charge in [0.25, 0.3) is 0 Å². The van der Waals surface area contributed by atoms with E-state index >= 15 is 0 Å². The quantitative estimate of drug-likeness (QED) is 0.421. The molecule has 1 nitrogen and oxygen atoms in total. The number of rotatable bonds is 11. The average molecular weight is 297 g/mol. The second-order valence-electron chi connectivity index (χ2n) is 6.45. The third kappa shape index (κ3) is 5.79. The van der Waals surface area contributed by atoms with Gasteiger partial charge in [-0.25, -0.2) is 0 Å². The zero-order valence-corrected chi connectivity index (χ0v) is 14.2. The van der Waals surface area contributed by atoms with Gasteiger partial charge in [-0.1, -0.05) is 82.9 Å². The second-order valence-corrected chi connectivity index (χ2v) is 6.45. The zero-order valence-electron chi connectivity index (χ0n) is 14.2. The molecule has 0 spiro atoms. The van der Waals surface area contributed by atoms with Gasteiger partial charge in [0.05, 0.1) is 0 Å². The minimum Gasteiger partial charge on any atom is -0.264 e. The van der Waals surface area contributed by atoms with Crippen LogP contribution in [0.2, 0.25) is 0 Å². The third-order valence-electron chi connectivity index (χ3n) is 4.57. The summed E-state index contributed by atoms with van der Waals surface area (Å²) in [4.78, 5) is 4.21.